The predicted octanol–water partition coefficient (Wildman–Crippen LogP) is 4.88. The summed E-state index contributed by atoms with van der Waals surface area (Å²) < 4.78 is 14.1. The van der Waals surface area contributed by atoms with Gasteiger partial charge < -0.3 is 10.3 Å². The molecule has 3 heterocycles. The van der Waals surface area contributed by atoms with Crippen LogP contribution in [0, 0.1) is 5.82 Å². The van der Waals surface area contributed by atoms with Crippen molar-refractivity contribution in [3.8, 4) is 11.1 Å². The average molecular weight is 384 g/mol. The Labute approximate surface area is 165 Å². The molecule has 1 atom stereocenters. The first-order valence-corrected chi connectivity index (χ1v) is 9.25. The minimum absolute atomic E-state index is 0.153. The van der Waals surface area contributed by atoms with E-state index in [0.29, 0.717) is 17.0 Å². The average Bonchev–Trinajstić information content (AvgIpc) is 3.23. The molecule has 2 N–H and O–H groups in total. The van der Waals surface area contributed by atoms with E-state index in [9.17, 15) is 4.39 Å². The molecular formula is C22H17FN6. The van der Waals surface area contributed by atoms with Crippen LogP contribution in [0.2, 0.25) is 0 Å². The first kappa shape index (κ1) is 17.2. The van der Waals surface area contributed by atoms with Gasteiger partial charge in [-0.3, -0.25) is 4.98 Å². The summed E-state index contributed by atoms with van der Waals surface area (Å²) in [5.41, 5.74) is 4.97. The number of anilines is 1. The third kappa shape index (κ3) is 3.06. The van der Waals surface area contributed by atoms with E-state index in [1.807, 2.05) is 43.5 Å². The number of hydrogen-bond acceptors (Lipinski definition) is 5. The molecule has 0 radical (unpaired) electrons. The third-order valence-electron chi connectivity index (χ3n) is 4.96. The fraction of sp³-hybridized carbons (Fsp3) is 0.0909. The van der Waals surface area contributed by atoms with Crippen LogP contribution in [0.3, 0.4) is 0 Å². The number of aromatic nitrogens is 5. The second-order valence-electron chi connectivity index (χ2n) is 6.80. The maximum absolute atomic E-state index is 14.1. The molecule has 142 valence electrons. The van der Waals surface area contributed by atoms with E-state index in [0.717, 1.165) is 27.6 Å². The molecule has 0 bridgehead atoms. The molecule has 6 nitrogen and oxygen atoms in total. The Bertz CT molecular complexity index is 1320. The van der Waals surface area contributed by atoms with Gasteiger partial charge >= 0.3 is 0 Å². The Morgan fingerprint density at radius 2 is 1.86 bits per heavy atom. The lowest BCUT2D eigenvalue weighted by molar-refractivity contribution is 0.629. The zero-order chi connectivity index (χ0) is 19.8. The summed E-state index contributed by atoms with van der Waals surface area (Å²) in [6.45, 7) is 2.02. The number of rotatable bonds is 4. The van der Waals surface area contributed by atoms with Crippen molar-refractivity contribution >= 4 is 27.9 Å². The Kier molecular flexibility index (Phi) is 4.13. The molecule has 0 amide bonds. The van der Waals surface area contributed by atoms with Gasteiger partial charge in [0.2, 0.25) is 0 Å². The highest BCUT2D eigenvalue weighted by molar-refractivity contribution is 5.96. The fourth-order valence-electron chi connectivity index (χ4n) is 3.59. The van der Waals surface area contributed by atoms with Crippen molar-refractivity contribution in [3.63, 3.8) is 0 Å². The van der Waals surface area contributed by atoms with Crippen LogP contribution in [0.25, 0.3) is 33.2 Å². The monoisotopic (exact) mass is 384 g/mol. The maximum Gasteiger partial charge on any atom is 0.162 e. The third-order valence-corrected chi connectivity index (χ3v) is 4.96. The van der Waals surface area contributed by atoms with E-state index in [2.05, 4.69) is 30.2 Å². The standard InChI is InChI=1S/C22H17FN6/c1-13(29-22-20-21(26-11-25-20)27-12-28-22)17-10-24-18-8-7-15(23)9-16(18)19(17)14-5-3-2-4-6-14/h2-13H,1H3,(H2,25,26,27,28,29). The van der Waals surface area contributed by atoms with E-state index < -0.39 is 0 Å². The highest BCUT2D eigenvalue weighted by Crippen LogP contribution is 2.36. The smallest absolute Gasteiger partial charge is 0.162 e. The molecule has 0 saturated carbocycles. The van der Waals surface area contributed by atoms with Gasteiger partial charge in [0.1, 0.15) is 17.7 Å². The summed E-state index contributed by atoms with van der Waals surface area (Å²) in [6.07, 6.45) is 4.91. The van der Waals surface area contributed by atoms with E-state index >= 15 is 0 Å². The number of aromatic amines is 1. The minimum Gasteiger partial charge on any atom is -0.362 e. The Morgan fingerprint density at radius 1 is 1.00 bits per heavy atom. The lowest BCUT2D eigenvalue weighted by Crippen LogP contribution is -2.11. The molecule has 0 saturated heterocycles. The van der Waals surface area contributed by atoms with Gasteiger partial charge in [-0.05, 0) is 36.2 Å². The van der Waals surface area contributed by atoms with Crippen molar-refractivity contribution in [2.45, 2.75) is 13.0 Å². The molecule has 7 heteroatoms. The second-order valence-corrected chi connectivity index (χ2v) is 6.80. The summed E-state index contributed by atoms with van der Waals surface area (Å²) >= 11 is 0. The molecule has 5 aromatic rings. The summed E-state index contributed by atoms with van der Waals surface area (Å²) in [7, 11) is 0. The Hall–Kier alpha value is -3.87. The van der Waals surface area contributed by atoms with Gasteiger partial charge in [-0.25, -0.2) is 19.3 Å². The van der Waals surface area contributed by atoms with Gasteiger partial charge in [0.15, 0.2) is 11.5 Å². The molecule has 3 aromatic heterocycles. The normalized spacial score (nSPS) is 12.3. The molecule has 5 rings (SSSR count). The molecule has 2 aromatic carbocycles. The number of nitrogens with one attached hydrogen (secondary N) is 2. The zero-order valence-corrected chi connectivity index (χ0v) is 15.6. The van der Waals surface area contributed by atoms with Crippen molar-refractivity contribution in [2.75, 3.05) is 5.32 Å². The van der Waals surface area contributed by atoms with Crippen molar-refractivity contribution in [2.24, 2.45) is 0 Å². The van der Waals surface area contributed by atoms with Crippen LogP contribution in [0.5, 0.6) is 0 Å². The van der Waals surface area contributed by atoms with E-state index in [-0.39, 0.29) is 11.9 Å². The molecule has 1 unspecified atom stereocenters. The number of pyridine rings is 1. The highest BCUT2D eigenvalue weighted by atomic mass is 19.1. The largest absolute Gasteiger partial charge is 0.362 e. The lowest BCUT2D eigenvalue weighted by Gasteiger charge is -2.20. The quantitative estimate of drug-likeness (QED) is 0.462. The molecule has 0 aliphatic rings. The van der Waals surface area contributed by atoms with Crippen molar-refractivity contribution in [1.82, 2.24) is 24.9 Å². The maximum atomic E-state index is 14.1. The number of H-pyrrole nitrogens is 1. The van der Waals surface area contributed by atoms with Crippen molar-refractivity contribution in [1.29, 1.82) is 0 Å². The number of halogens is 1. The second kappa shape index (κ2) is 6.94. The highest BCUT2D eigenvalue weighted by Gasteiger charge is 2.18. The number of benzene rings is 2. The summed E-state index contributed by atoms with van der Waals surface area (Å²) in [6, 6.07) is 14.5. The fourth-order valence-corrected chi connectivity index (χ4v) is 3.59. The first-order valence-electron chi connectivity index (χ1n) is 9.25. The molecule has 0 aliphatic heterocycles. The van der Waals surface area contributed by atoms with Crippen molar-refractivity contribution in [3.05, 3.63) is 78.8 Å². The minimum atomic E-state index is -0.289. The van der Waals surface area contributed by atoms with Gasteiger partial charge in [0.05, 0.1) is 17.9 Å². The molecule has 0 spiro atoms. The van der Waals surface area contributed by atoms with Gasteiger partial charge in [-0.2, -0.15) is 0 Å². The summed E-state index contributed by atoms with van der Waals surface area (Å²) in [5, 5.41) is 4.18. The predicted molar refractivity (Wildman–Crippen MR) is 111 cm³/mol. The van der Waals surface area contributed by atoms with Crippen LogP contribution >= 0.6 is 0 Å². The molecule has 0 fully saturated rings. The van der Waals surface area contributed by atoms with Crippen LogP contribution in [0.15, 0.2) is 67.4 Å². The van der Waals surface area contributed by atoms with Crippen LogP contribution in [0.4, 0.5) is 10.2 Å². The van der Waals surface area contributed by atoms with Crippen LogP contribution in [-0.4, -0.2) is 24.9 Å². The van der Waals surface area contributed by atoms with Crippen LogP contribution < -0.4 is 5.32 Å². The van der Waals surface area contributed by atoms with E-state index in [4.69, 9.17) is 0 Å². The Balaban J connectivity index is 1.67. The number of nitrogens with zero attached hydrogens (tertiary/aromatic N) is 4. The van der Waals surface area contributed by atoms with Gasteiger partial charge in [0.25, 0.3) is 0 Å². The van der Waals surface area contributed by atoms with E-state index in [1.165, 1.54) is 18.5 Å². The van der Waals surface area contributed by atoms with Gasteiger partial charge in [-0.1, -0.05) is 30.3 Å². The van der Waals surface area contributed by atoms with E-state index in [1.54, 1.807) is 12.4 Å². The molecule has 0 aliphatic carbocycles. The molecule has 29 heavy (non-hydrogen) atoms. The zero-order valence-electron chi connectivity index (χ0n) is 15.6. The molecular weight excluding hydrogens is 367 g/mol. The number of imidazole rings is 1. The SMILES string of the molecule is CC(Nc1ncnc2[nH]cnc12)c1cnc2ccc(F)cc2c1-c1ccccc1. The summed E-state index contributed by atoms with van der Waals surface area (Å²) in [5.74, 6) is 0.338. The summed E-state index contributed by atoms with van der Waals surface area (Å²) in [4.78, 5) is 20.4. The van der Waals surface area contributed by atoms with Crippen LogP contribution in [-0.2, 0) is 0 Å². The van der Waals surface area contributed by atoms with Gasteiger partial charge in [-0.15, -0.1) is 0 Å². The Morgan fingerprint density at radius 3 is 2.72 bits per heavy atom. The first-order chi connectivity index (χ1) is 14.2. The van der Waals surface area contributed by atoms with Crippen molar-refractivity contribution < 1.29 is 4.39 Å². The lowest BCUT2D eigenvalue weighted by atomic mass is 9.93. The van der Waals surface area contributed by atoms with Crippen LogP contribution in [0.1, 0.15) is 18.5 Å². The van der Waals surface area contributed by atoms with Gasteiger partial charge in [0, 0.05) is 17.1 Å². The topological polar surface area (TPSA) is 79.4 Å². The number of hydrogen-bond donors (Lipinski definition) is 2. The number of fused-ring (bicyclic) bond motifs is 2.